The molecule has 2 rings (SSSR count). The minimum atomic E-state index is -1.13. The third-order valence-corrected chi connectivity index (χ3v) is 2.90. The third kappa shape index (κ3) is 2.73. The van der Waals surface area contributed by atoms with Crippen LogP contribution in [-0.4, -0.2) is 16.1 Å². The third-order valence-electron chi connectivity index (χ3n) is 2.59. The van der Waals surface area contributed by atoms with Crippen molar-refractivity contribution in [2.75, 3.05) is 5.32 Å². The molecule has 0 bridgehead atoms. The van der Waals surface area contributed by atoms with Crippen molar-refractivity contribution in [3.05, 3.63) is 46.1 Å². The van der Waals surface area contributed by atoms with Crippen molar-refractivity contribution in [1.29, 1.82) is 0 Å². The van der Waals surface area contributed by atoms with Gasteiger partial charge in [-0.1, -0.05) is 18.5 Å². The number of hydrogen-bond acceptors (Lipinski definition) is 2. The highest BCUT2D eigenvalue weighted by molar-refractivity contribution is 6.34. The van der Waals surface area contributed by atoms with Gasteiger partial charge in [0.25, 0.3) is 5.91 Å². The molecule has 0 unspecified atom stereocenters. The van der Waals surface area contributed by atoms with Gasteiger partial charge in [0.15, 0.2) is 11.6 Å². The summed E-state index contributed by atoms with van der Waals surface area (Å²) < 4.78 is 26.0. The molecule has 1 aromatic heterocycles. The zero-order valence-corrected chi connectivity index (χ0v) is 10.7. The monoisotopic (exact) mass is 285 g/mol. The van der Waals surface area contributed by atoms with Crippen LogP contribution in [0.4, 0.5) is 14.6 Å². The standard InChI is InChI=1S/C12H10ClF2N3O/c1-2-6-5-16-18-11(6)17-12(19)7-3-9(14)10(15)4-8(7)13/h3-5H,2H2,1H3,(H2,16,17,18,19). The first-order valence-electron chi connectivity index (χ1n) is 5.51. The van der Waals surface area contributed by atoms with E-state index in [2.05, 4.69) is 15.5 Å². The molecule has 0 aliphatic heterocycles. The SMILES string of the molecule is CCc1cn[nH]c1NC(=O)c1cc(F)c(F)cc1Cl. The Morgan fingerprint density at radius 1 is 1.42 bits per heavy atom. The lowest BCUT2D eigenvalue weighted by Crippen LogP contribution is -2.14. The Morgan fingerprint density at radius 3 is 2.79 bits per heavy atom. The Labute approximate surface area is 112 Å². The molecule has 0 aliphatic carbocycles. The maximum Gasteiger partial charge on any atom is 0.258 e. The maximum atomic E-state index is 13.1. The van der Waals surface area contributed by atoms with Gasteiger partial charge in [-0.25, -0.2) is 8.78 Å². The molecule has 1 amide bonds. The molecule has 7 heteroatoms. The van der Waals surface area contributed by atoms with Gasteiger partial charge in [0, 0.05) is 5.56 Å². The molecule has 2 aromatic rings. The lowest BCUT2D eigenvalue weighted by atomic mass is 10.2. The maximum absolute atomic E-state index is 13.1. The highest BCUT2D eigenvalue weighted by Gasteiger charge is 2.16. The van der Waals surface area contributed by atoms with Gasteiger partial charge >= 0.3 is 0 Å². The predicted octanol–water partition coefficient (Wildman–Crippen LogP) is 3.16. The summed E-state index contributed by atoms with van der Waals surface area (Å²) in [4.78, 5) is 11.9. The molecule has 2 N–H and O–H groups in total. The Morgan fingerprint density at radius 2 is 2.11 bits per heavy atom. The van der Waals surface area contributed by atoms with Crippen LogP contribution in [0.1, 0.15) is 22.8 Å². The summed E-state index contributed by atoms with van der Waals surface area (Å²) in [6, 6.07) is 1.52. The number of aryl methyl sites for hydroxylation is 1. The number of aromatic nitrogens is 2. The smallest absolute Gasteiger partial charge is 0.258 e. The van der Waals surface area contributed by atoms with Crippen LogP contribution >= 0.6 is 11.6 Å². The summed E-state index contributed by atoms with van der Waals surface area (Å²) >= 11 is 5.72. The molecule has 4 nitrogen and oxygen atoms in total. The summed E-state index contributed by atoms with van der Waals surface area (Å²) in [6.45, 7) is 1.89. The number of H-pyrrole nitrogens is 1. The summed E-state index contributed by atoms with van der Waals surface area (Å²) in [7, 11) is 0. The zero-order valence-electron chi connectivity index (χ0n) is 9.93. The van der Waals surface area contributed by atoms with Gasteiger partial charge in [0.1, 0.15) is 5.82 Å². The van der Waals surface area contributed by atoms with Gasteiger partial charge in [-0.2, -0.15) is 5.10 Å². The van der Waals surface area contributed by atoms with Crippen LogP contribution in [0.3, 0.4) is 0 Å². The topological polar surface area (TPSA) is 57.8 Å². The second-order valence-corrected chi connectivity index (χ2v) is 4.23. The number of hydrogen-bond donors (Lipinski definition) is 2. The van der Waals surface area contributed by atoms with Crippen molar-refractivity contribution in [2.45, 2.75) is 13.3 Å². The van der Waals surface area contributed by atoms with Gasteiger partial charge in [0.2, 0.25) is 0 Å². The average Bonchev–Trinajstić information content (AvgIpc) is 2.80. The Bertz CT molecular complexity index is 627. The molecule has 0 radical (unpaired) electrons. The van der Waals surface area contributed by atoms with E-state index in [0.29, 0.717) is 12.2 Å². The molecule has 19 heavy (non-hydrogen) atoms. The fourth-order valence-corrected chi connectivity index (χ4v) is 1.80. The fourth-order valence-electron chi connectivity index (χ4n) is 1.56. The second-order valence-electron chi connectivity index (χ2n) is 3.82. The van der Waals surface area contributed by atoms with Crippen LogP contribution in [0, 0.1) is 11.6 Å². The van der Waals surface area contributed by atoms with Crippen LogP contribution in [0.5, 0.6) is 0 Å². The van der Waals surface area contributed by atoms with Gasteiger partial charge in [-0.3, -0.25) is 9.89 Å². The Hall–Kier alpha value is -1.95. The van der Waals surface area contributed by atoms with Crippen molar-refractivity contribution in [3.8, 4) is 0 Å². The number of nitrogens with zero attached hydrogens (tertiary/aromatic N) is 1. The number of aromatic amines is 1. The van der Waals surface area contributed by atoms with E-state index in [9.17, 15) is 13.6 Å². The normalized spacial score (nSPS) is 10.5. The summed E-state index contributed by atoms with van der Waals surface area (Å²) in [5.41, 5.74) is 0.657. The van der Waals surface area contributed by atoms with Crippen LogP contribution in [0.25, 0.3) is 0 Å². The first-order valence-corrected chi connectivity index (χ1v) is 5.88. The van der Waals surface area contributed by atoms with Gasteiger partial charge < -0.3 is 5.32 Å². The molecule has 0 saturated heterocycles. The molecule has 0 spiro atoms. The van der Waals surface area contributed by atoms with Crippen LogP contribution < -0.4 is 5.32 Å². The van der Waals surface area contributed by atoms with E-state index < -0.39 is 17.5 Å². The van der Waals surface area contributed by atoms with E-state index in [1.54, 1.807) is 6.20 Å². The number of rotatable bonds is 3. The number of carbonyl (C=O) groups excluding carboxylic acids is 1. The molecule has 0 atom stereocenters. The van der Waals surface area contributed by atoms with E-state index in [1.807, 2.05) is 6.92 Å². The Balaban J connectivity index is 2.28. The molecule has 0 aliphatic rings. The zero-order chi connectivity index (χ0) is 14.0. The van der Waals surface area contributed by atoms with Crippen molar-refractivity contribution < 1.29 is 13.6 Å². The Kier molecular flexibility index (Phi) is 3.80. The van der Waals surface area contributed by atoms with E-state index >= 15 is 0 Å². The molecule has 1 aromatic carbocycles. The van der Waals surface area contributed by atoms with Gasteiger partial charge in [-0.05, 0) is 18.6 Å². The predicted molar refractivity (Wildman–Crippen MR) is 67.3 cm³/mol. The number of anilines is 1. The highest BCUT2D eigenvalue weighted by Crippen LogP contribution is 2.21. The lowest BCUT2D eigenvalue weighted by molar-refractivity contribution is 0.102. The molecule has 0 saturated carbocycles. The molecular formula is C12H10ClF2N3O. The molecule has 0 fully saturated rings. The average molecular weight is 286 g/mol. The minimum absolute atomic E-state index is 0.141. The number of benzene rings is 1. The van der Waals surface area contributed by atoms with Gasteiger partial charge in [-0.15, -0.1) is 0 Å². The first-order chi connectivity index (χ1) is 9.02. The van der Waals surface area contributed by atoms with Gasteiger partial charge in [0.05, 0.1) is 16.8 Å². The largest absolute Gasteiger partial charge is 0.307 e. The van der Waals surface area contributed by atoms with Crippen LogP contribution in [0.15, 0.2) is 18.3 Å². The summed E-state index contributed by atoms with van der Waals surface area (Å²) in [6.07, 6.45) is 2.24. The fraction of sp³-hybridized carbons (Fsp3) is 0.167. The van der Waals surface area contributed by atoms with E-state index in [-0.39, 0.29) is 10.6 Å². The number of nitrogens with one attached hydrogen (secondary N) is 2. The summed E-state index contributed by atoms with van der Waals surface area (Å²) in [5, 5.41) is 8.75. The van der Waals surface area contributed by atoms with Crippen LogP contribution in [-0.2, 0) is 6.42 Å². The number of carbonyl (C=O) groups is 1. The number of halogens is 3. The van der Waals surface area contributed by atoms with Crippen molar-refractivity contribution in [3.63, 3.8) is 0 Å². The second kappa shape index (κ2) is 5.36. The van der Waals surface area contributed by atoms with Crippen LogP contribution in [0.2, 0.25) is 5.02 Å². The van der Waals surface area contributed by atoms with E-state index in [4.69, 9.17) is 11.6 Å². The lowest BCUT2D eigenvalue weighted by Gasteiger charge is -2.07. The first kappa shape index (κ1) is 13.5. The van der Waals surface area contributed by atoms with Crippen molar-refractivity contribution in [1.82, 2.24) is 10.2 Å². The molecule has 100 valence electrons. The van der Waals surface area contributed by atoms with Crippen molar-refractivity contribution >= 4 is 23.3 Å². The highest BCUT2D eigenvalue weighted by atomic mass is 35.5. The van der Waals surface area contributed by atoms with E-state index in [1.165, 1.54) is 0 Å². The van der Waals surface area contributed by atoms with Crippen molar-refractivity contribution in [2.24, 2.45) is 0 Å². The quantitative estimate of drug-likeness (QED) is 0.851. The molecular weight excluding hydrogens is 276 g/mol. The minimum Gasteiger partial charge on any atom is -0.307 e. The number of amides is 1. The molecule has 1 heterocycles. The van der Waals surface area contributed by atoms with E-state index in [0.717, 1.165) is 17.7 Å². The summed E-state index contributed by atoms with van der Waals surface area (Å²) in [5.74, 6) is -2.46.